The molecule has 0 fully saturated rings. The second kappa shape index (κ2) is 5.02. The SMILES string of the molecule is C[C@@H]1CC=C[C@@H](O)CCCC(=O)O1. The molecule has 0 amide bonds. The molecule has 1 N–H and O–H groups in total. The Labute approximate surface area is 78.4 Å². The first kappa shape index (κ1) is 10.3. The summed E-state index contributed by atoms with van der Waals surface area (Å²) in [4.78, 5) is 11.1. The maximum Gasteiger partial charge on any atom is 0.306 e. The van der Waals surface area contributed by atoms with Crippen molar-refractivity contribution in [2.24, 2.45) is 0 Å². The first-order valence-corrected chi connectivity index (χ1v) is 4.72. The van der Waals surface area contributed by atoms with Gasteiger partial charge in [0.2, 0.25) is 0 Å². The number of ether oxygens (including phenoxy) is 1. The Morgan fingerprint density at radius 1 is 1.62 bits per heavy atom. The summed E-state index contributed by atoms with van der Waals surface area (Å²) in [5.41, 5.74) is 0. The Morgan fingerprint density at radius 3 is 3.15 bits per heavy atom. The molecule has 0 bridgehead atoms. The Bertz CT molecular complexity index is 198. The molecule has 1 heterocycles. The van der Waals surface area contributed by atoms with Gasteiger partial charge in [0.25, 0.3) is 0 Å². The normalized spacial score (nSPS) is 31.1. The molecular weight excluding hydrogens is 168 g/mol. The smallest absolute Gasteiger partial charge is 0.306 e. The third kappa shape index (κ3) is 4.08. The van der Waals surface area contributed by atoms with Crippen LogP contribution in [0.5, 0.6) is 0 Å². The average Bonchev–Trinajstić information content (AvgIpc) is 2.03. The fourth-order valence-corrected chi connectivity index (χ4v) is 1.31. The topological polar surface area (TPSA) is 46.5 Å². The highest BCUT2D eigenvalue weighted by atomic mass is 16.5. The highest BCUT2D eigenvalue weighted by Crippen LogP contribution is 2.09. The van der Waals surface area contributed by atoms with E-state index in [9.17, 15) is 9.90 Å². The molecule has 13 heavy (non-hydrogen) atoms. The fraction of sp³-hybridized carbons (Fsp3) is 0.700. The summed E-state index contributed by atoms with van der Waals surface area (Å²) in [6.07, 6.45) is 5.59. The van der Waals surface area contributed by atoms with E-state index in [1.165, 1.54) is 0 Å². The van der Waals surface area contributed by atoms with Crippen LogP contribution in [-0.2, 0) is 9.53 Å². The maximum atomic E-state index is 11.1. The van der Waals surface area contributed by atoms with Gasteiger partial charge in [0.1, 0.15) is 6.10 Å². The molecule has 0 aromatic carbocycles. The number of cyclic esters (lactones) is 1. The van der Waals surface area contributed by atoms with Gasteiger partial charge in [-0.05, 0) is 19.8 Å². The van der Waals surface area contributed by atoms with Crippen molar-refractivity contribution >= 4 is 5.97 Å². The lowest BCUT2D eigenvalue weighted by atomic mass is 10.1. The number of aliphatic hydroxyl groups is 1. The van der Waals surface area contributed by atoms with Crippen LogP contribution in [0, 0.1) is 0 Å². The quantitative estimate of drug-likeness (QED) is 0.457. The zero-order chi connectivity index (χ0) is 9.68. The summed E-state index contributed by atoms with van der Waals surface area (Å²) in [5.74, 6) is -0.157. The summed E-state index contributed by atoms with van der Waals surface area (Å²) < 4.78 is 5.09. The summed E-state index contributed by atoms with van der Waals surface area (Å²) in [5, 5.41) is 9.36. The van der Waals surface area contributed by atoms with Gasteiger partial charge in [-0.2, -0.15) is 0 Å². The average molecular weight is 184 g/mol. The predicted molar refractivity (Wildman–Crippen MR) is 49.2 cm³/mol. The Balaban J connectivity index is 2.50. The lowest BCUT2D eigenvalue weighted by molar-refractivity contribution is -0.148. The molecule has 2 atom stereocenters. The van der Waals surface area contributed by atoms with Crippen LogP contribution in [0.2, 0.25) is 0 Å². The van der Waals surface area contributed by atoms with E-state index >= 15 is 0 Å². The lowest BCUT2D eigenvalue weighted by Gasteiger charge is -2.13. The van der Waals surface area contributed by atoms with Crippen molar-refractivity contribution in [2.75, 3.05) is 0 Å². The molecule has 0 saturated carbocycles. The van der Waals surface area contributed by atoms with Gasteiger partial charge >= 0.3 is 5.97 Å². The van der Waals surface area contributed by atoms with E-state index in [0.29, 0.717) is 25.7 Å². The molecule has 74 valence electrons. The van der Waals surface area contributed by atoms with Gasteiger partial charge in [-0.15, -0.1) is 0 Å². The highest BCUT2D eigenvalue weighted by Gasteiger charge is 2.11. The number of hydrogen-bond donors (Lipinski definition) is 1. The van der Waals surface area contributed by atoms with E-state index in [-0.39, 0.29) is 12.1 Å². The van der Waals surface area contributed by atoms with Crippen molar-refractivity contribution in [1.82, 2.24) is 0 Å². The molecule has 0 aromatic heterocycles. The zero-order valence-corrected chi connectivity index (χ0v) is 7.90. The third-order valence-electron chi connectivity index (χ3n) is 2.04. The monoisotopic (exact) mass is 184 g/mol. The number of esters is 1. The number of aliphatic hydroxyl groups excluding tert-OH is 1. The number of carbonyl (C=O) groups excluding carboxylic acids is 1. The summed E-state index contributed by atoms with van der Waals surface area (Å²) >= 11 is 0. The third-order valence-corrected chi connectivity index (χ3v) is 2.04. The first-order valence-electron chi connectivity index (χ1n) is 4.72. The van der Waals surface area contributed by atoms with E-state index in [1.54, 1.807) is 6.08 Å². The van der Waals surface area contributed by atoms with Crippen molar-refractivity contribution in [2.45, 2.75) is 44.8 Å². The van der Waals surface area contributed by atoms with Crippen molar-refractivity contribution in [3.8, 4) is 0 Å². The van der Waals surface area contributed by atoms with Gasteiger partial charge in [0.05, 0.1) is 6.10 Å². The van der Waals surface area contributed by atoms with Crippen LogP contribution in [0.15, 0.2) is 12.2 Å². The van der Waals surface area contributed by atoms with Crippen LogP contribution in [0.1, 0.15) is 32.6 Å². The molecule has 0 spiro atoms. The minimum absolute atomic E-state index is 0.0750. The number of carbonyl (C=O) groups is 1. The Hall–Kier alpha value is -0.830. The summed E-state index contributed by atoms with van der Waals surface area (Å²) in [6, 6.07) is 0. The van der Waals surface area contributed by atoms with Crippen LogP contribution < -0.4 is 0 Å². The molecule has 0 saturated heterocycles. The summed E-state index contributed by atoms with van der Waals surface area (Å²) in [6.45, 7) is 1.86. The Morgan fingerprint density at radius 2 is 2.38 bits per heavy atom. The molecule has 0 aliphatic carbocycles. The second-order valence-electron chi connectivity index (χ2n) is 3.42. The van der Waals surface area contributed by atoms with E-state index < -0.39 is 6.10 Å². The standard InChI is InChI=1S/C10H16O3/c1-8-4-2-5-9(11)6-3-7-10(12)13-8/h2,5,8-9,11H,3-4,6-7H2,1H3/t8-,9-/m1/s1. The van der Waals surface area contributed by atoms with Crippen LogP contribution >= 0.6 is 0 Å². The molecule has 0 radical (unpaired) electrons. The number of rotatable bonds is 0. The van der Waals surface area contributed by atoms with Crippen LogP contribution in [0.3, 0.4) is 0 Å². The van der Waals surface area contributed by atoms with Gasteiger partial charge in [0, 0.05) is 12.8 Å². The predicted octanol–water partition coefficient (Wildman–Crippen LogP) is 1.41. The van der Waals surface area contributed by atoms with E-state index in [2.05, 4.69) is 0 Å². The molecule has 1 aliphatic rings. The molecule has 3 nitrogen and oxygen atoms in total. The molecule has 3 heteroatoms. The Kier molecular flexibility index (Phi) is 3.96. The molecule has 0 unspecified atom stereocenters. The van der Waals surface area contributed by atoms with Gasteiger partial charge in [0.15, 0.2) is 0 Å². The van der Waals surface area contributed by atoms with Gasteiger partial charge in [-0.1, -0.05) is 12.2 Å². The van der Waals surface area contributed by atoms with Crippen LogP contribution in [0.25, 0.3) is 0 Å². The molecule has 1 aliphatic heterocycles. The highest BCUT2D eigenvalue weighted by molar-refractivity contribution is 5.69. The molecular formula is C10H16O3. The zero-order valence-electron chi connectivity index (χ0n) is 7.90. The van der Waals surface area contributed by atoms with E-state index in [4.69, 9.17) is 4.74 Å². The van der Waals surface area contributed by atoms with Crippen molar-refractivity contribution in [1.29, 1.82) is 0 Å². The second-order valence-corrected chi connectivity index (χ2v) is 3.42. The maximum absolute atomic E-state index is 11.1. The van der Waals surface area contributed by atoms with E-state index in [1.807, 2.05) is 13.0 Å². The fourth-order valence-electron chi connectivity index (χ4n) is 1.31. The van der Waals surface area contributed by atoms with Gasteiger partial charge in [-0.25, -0.2) is 0 Å². The van der Waals surface area contributed by atoms with Crippen LogP contribution in [-0.4, -0.2) is 23.3 Å². The minimum Gasteiger partial charge on any atom is -0.462 e. The largest absolute Gasteiger partial charge is 0.462 e. The van der Waals surface area contributed by atoms with Gasteiger partial charge < -0.3 is 9.84 Å². The first-order chi connectivity index (χ1) is 6.18. The van der Waals surface area contributed by atoms with Crippen molar-refractivity contribution in [3.63, 3.8) is 0 Å². The van der Waals surface area contributed by atoms with Gasteiger partial charge in [-0.3, -0.25) is 4.79 Å². The van der Waals surface area contributed by atoms with Crippen molar-refractivity contribution < 1.29 is 14.6 Å². The number of hydrogen-bond acceptors (Lipinski definition) is 3. The van der Waals surface area contributed by atoms with Crippen molar-refractivity contribution in [3.05, 3.63) is 12.2 Å². The lowest BCUT2D eigenvalue weighted by Crippen LogP contribution is -2.16. The van der Waals surface area contributed by atoms with Crippen LogP contribution in [0.4, 0.5) is 0 Å². The molecule has 0 aromatic rings. The minimum atomic E-state index is -0.405. The summed E-state index contributed by atoms with van der Waals surface area (Å²) in [7, 11) is 0. The van der Waals surface area contributed by atoms with E-state index in [0.717, 1.165) is 0 Å². The molecule has 1 rings (SSSR count).